The van der Waals surface area contributed by atoms with E-state index in [9.17, 15) is 0 Å². The van der Waals surface area contributed by atoms with E-state index in [1.807, 2.05) is 17.5 Å². The summed E-state index contributed by atoms with van der Waals surface area (Å²) in [4.78, 5) is 17.0. The van der Waals surface area contributed by atoms with E-state index < -0.39 is 0 Å². The van der Waals surface area contributed by atoms with Crippen LogP contribution in [0, 0.1) is 6.92 Å². The van der Waals surface area contributed by atoms with Crippen LogP contribution >= 0.6 is 11.3 Å². The zero-order chi connectivity index (χ0) is 15.6. The maximum absolute atomic E-state index is 5.40. The quantitative estimate of drug-likeness (QED) is 0.863. The molecule has 2 aliphatic rings. The number of aromatic nitrogens is 2. The average molecular weight is 330 g/mol. The number of hydrogen-bond donors (Lipinski definition) is 0. The topological polar surface area (TPSA) is 41.5 Å². The third-order valence-electron chi connectivity index (χ3n) is 4.47. The molecule has 4 heterocycles. The zero-order valence-corrected chi connectivity index (χ0v) is 14.3. The average Bonchev–Trinajstić information content (AvgIpc) is 3.00. The van der Waals surface area contributed by atoms with Crippen molar-refractivity contribution in [3.8, 4) is 0 Å². The molecule has 0 radical (unpaired) electrons. The minimum atomic E-state index is 0.772. The number of hydrogen-bond acceptors (Lipinski definition) is 6. The van der Waals surface area contributed by atoms with Crippen molar-refractivity contribution in [1.29, 1.82) is 0 Å². The van der Waals surface area contributed by atoms with Crippen LogP contribution in [0.25, 0.3) is 0 Å². The second kappa shape index (κ2) is 6.55. The third kappa shape index (κ3) is 3.39. The standard InChI is InChI=1S/C17H22N4OS/c1-13-2-3-15(23-13)12-20-5-4-16-14(11-20)10-18-17(19-16)21-6-8-22-9-7-21/h2-3,10H,4-9,11-12H2,1H3. The molecule has 0 spiro atoms. The highest BCUT2D eigenvalue weighted by atomic mass is 32.1. The largest absolute Gasteiger partial charge is 0.378 e. The molecule has 0 unspecified atom stereocenters. The first-order chi connectivity index (χ1) is 11.3. The van der Waals surface area contributed by atoms with E-state index in [1.165, 1.54) is 21.0 Å². The Hall–Kier alpha value is -1.50. The second-order valence-corrected chi connectivity index (χ2v) is 7.59. The molecule has 2 aromatic rings. The lowest BCUT2D eigenvalue weighted by molar-refractivity contribution is 0.122. The summed E-state index contributed by atoms with van der Waals surface area (Å²) in [6.45, 7) is 8.55. The normalized spacial score (nSPS) is 18.9. The van der Waals surface area contributed by atoms with Gasteiger partial charge in [0, 0.05) is 60.7 Å². The fraction of sp³-hybridized carbons (Fsp3) is 0.529. The summed E-state index contributed by atoms with van der Waals surface area (Å²) in [6, 6.07) is 4.45. The van der Waals surface area contributed by atoms with Gasteiger partial charge in [-0.15, -0.1) is 11.3 Å². The Morgan fingerprint density at radius 3 is 2.87 bits per heavy atom. The van der Waals surface area contributed by atoms with E-state index in [0.29, 0.717) is 0 Å². The van der Waals surface area contributed by atoms with Crippen molar-refractivity contribution in [1.82, 2.24) is 14.9 Å². The summed E-state index contributed by atoms with van der Waals surface area (Å²) in [5, 5.41) is 0. The minimum absolute atomic E-state index is 0.772. The molecule has 0 amide bonds. The molecule has 1 fully saturated rings. The fourth-order valence-electron chi connectivity index (χ4n) is 3.21. The van der Waals surface area contributed by atoms with Crippen LogP contribution in [0.2, 0.25) is 0 Å². The monoisotopic (exact) mass is 330 g/mol. The van der Waals surface area contributed by atoms with Gasteiger partial charge >= 0.3 is 0 Å². The molecule has 5 nitrogen and oxygen atoms in total. The number of anilines is 1. The van der Waals surface area contributed by atoms with Crippen molar-refractivity contribution in [2.45, 2.75) is 26.4 Å². The van der Waals surface area contributed by atoms with Crippen molar-refractivity contribution < 1.29 is 4.74 Å². The molecule has 0 bridgehead atoms. The summed E-state index contributed by atoms with van der Waals surface area (Å²) in [5.41, 5.74) is 2.50. The van der Waals surface area contributed by atoms with Gasteiger partial charge in [0.05, 0.1) is 18.9 Å². The molecule has 0 aromatic carbocycles. The Morgan fingerprint density at radius 2 is 2.09 bits per heavy atom. The Labute approximate surface area is 140 Å². The number of ether oxygens (including phenoxy) is 1. The first-order valence-corrected chi connectivity index (χ1v) is 9.05. The SMILES string of the molecule is Cc1ccc(CN2CCc3nc(N4CCOCC4)ncc3C2)s1. The number of fused-ring (bicyclic) bond motifs is 1. The predicted molar refractivity (Wildman–Crippen MR) is 91.9 cm³/mol. The predicted octanol–water partition coefficient (Wildman–Crippen LogP) is 2.24. The van der Waals surface area contributed by atoms with Gasteiger partial charge in [0.15, 0.2) is 0 Å². The maximum Gasteiger partial charge on any atom is 0.225 e. The van der Waals surface area contributed by atoms with Crippen LogP contribution in [-0.2, 0) is 24.2 Å². The molecular weight excluding hydrogens is 308 g/mol. The molecule has 6 heteroatoms. The number of thiophene rings is 1. The second-order valence-electron chi connectivity index (χ2n) is 6.21. The van der Waals surface area contributed by atoms with Crippen LogP contribution in [0.5, 0.6) is 0 Å². The molecule has 0 N–H and O–H groups in total. The Morgan fingerprint density at radius 1 is 1.22 bits per heavy atom. The van der Waals surface area contributed by atoms with Gasteiger partial charge < -0.3 is 9.64 Å². The van der Waals surface area contributed by atoms with Crippen LogP contribution in [-0.4, -0.2) is 47.7 Å². The van der Waals surface area contributed by atoms with Crippen LogP contribution < -0.4 is 4.90 Å². The lowest BCUT2D eigenvalue weighted by Gasteiger charge is -2.30. The number of morpholine rings is 1. The molecule has 2 aliphatic heterocycles. The van der Waals surface area contributed by atoms with Crippen molar-refractivity contribution in [2.24, 2.45) is 0 Å². The van der Waals surface area contributed by atoms with E-state index >= 15 is 0 Å². The third-order valence-corrected chi connectivity index (χ3v) is 5.46. The van der Waals surface area contributed by atoms with Gasteiger partial charge in [-0.05, 0) is 19.1 Å². The van der Waals surface area contributed by atoms with E-state index in [-0.39, 0.29) is 0 Å². The Bertz CT molecular complexity index is 681. The maximum atomic E-state index is 5.40. The van der Waals surface area contributed by atoms with Crippen molar-refractivity contribution in [3.05, 3.63) is 39.3 Å². The van der Waals surface area contributed by atoms with Crippen LogP contribution in [0.4, 0.5) is 5.95 Å². The van der Waals surface area contributed by atoms with E-state index in [0.717, 1.165) is 58.3 Å². The van der Waals surface area contributed by atoms with Gasteiger partial charge in [-0.1, -0.05) is 0 Å². The van der Waals surface area contributed by atoms with Crippen LogP contribution in [0.15, 0.2) is 18.3 Å². The lowest BCUT2D eigenvalue weighted by Crippen LogP contribution is -2.38. The summed E-state index contributed by atoms with van der Waals surface area (Å²) in [5.74, 6) is 0.870. The van der Waals surface area contributed by atoms with Gasteiger partial charge in [-0.2, -0.15) is 0 Å². The number of nitrogens with zero attached hydrogens (tertiary/aromatic N) is 4. The van der Waals surface area contributed by atoms with E-state index in [4.69, 9.17) is 9.72 Å². The van der Waals surface area contributed by atoms with Crippen molar-refractivity contribution >= 4 is 17.3 Å². The number of rotatable bonds is 3. The van der Waals surface area contributed by atoms with Gasteiger partial charge in [0.1, 0.15) is 0 Å². The Kier molecular flexibility index (Phi) is 4.29. The summed E-state index contributed by atoms with van der Waals surface area (Å²) < 4.78 is 5.40. The fourth-order valence-corrected chi connectivity index (χ4v) is 4.14. The van der Waals surface area contributed by atoms with Crippen LogP contribution in [0.3, 0.4) is 0 Å². The minimum Gasteiger partial charge on any atom is -0.378 e. The van der Waals surface area contributed by atoms with Gasteiger partial charge in [0.25, 0.3) is 0 Å². The highest BCUT2D eigenvalue weighted by molar-refractivity contribution is 7.11. The smallest absolute Gasteiger partial charge is 0.225 e. The summed E-state index contributed by atoms with van der Waals surface area (Å²) in [6.07, 6.45) is 3.04. The number of aryl methyl sites for hydroxylation is 1. The Balaban J connectivity index is 1.45. The lowest BCUT2D eigenvalue weighted by atomic mass is 10.1. The molecule has 2 aromatic heterocycles. The van der Waals surface area contributed by atoms with Gasteiger partial charge in [-0.3, -0.25) is 4.90 Å². The first kappa shape index (κ1) is 15.1. The van der Waals surface area contributed by atoms with Crippen LogP contribution in [0.1, 0.15) is 21.0 Å². The zero-order valence-electron chi connectivity index (χ0n) is 13.5. The van der Waals surface area contributed by atoms with Gasteiger partial charge in [-0.25, -0.2) is 9.97 Å². The van der Waals surface area contributed by atoms with E-state index in [1.54, 1.807) is 0 Å². The van der Waals surface area contributed by atoms with Gasteiger partial charge in [0.2, 0.25) is 5.95 Å². The molecule has 23 heavy (non-hydrogen) atoms. The highest BCUT2D eigenvalue weighted by Gasteiger charge is 2.21. The molecule has 0 atom stereocenters. The summed E-state index contributed by atoms with van der Waals surface area (Å²) >= 11 is 1.89. The van der Waals surface area contributed by atoms with Crippen molar-refractivity contribution in [3.63, 3.8) is 0 Å². The molecular formula is C17H22N4OS. The van der Waals surface area contributed by atoms with Crippen molar-refractivity contribution in [2.75, 3.05) is 37.7 Å². The molecule has 122 valence electrons. The molecule has 1 saturated heterocycles. The molecule has 0 aliphatic carbocycles. The highest BCUT2D eigenvalue weighted by Crippen LogP contribution is 2.23. The molecule has 0 saturated carbocycles. The molecule has 4 rings (SSSR count). The van der Waals surface area contributed by atoms with E-state index in [2.05, 4.69) is 33.8 Å². The first-order valence-electron chi connectivity index (χ1n) is 8.23. The summed E-state index contributed by atoms with van der Waals surface area (Å²) in [7, 11) is 0.